The fraction of sp³-hybridized carbons (Fsp3) is 1.00. The van der Waals surface area contributed by atoms with E-state index in [2.05, 4.69) is 13.8 Å². The summed E-state index contributed by atoms with van der Waals surface area (Å²) in [6.07, 6.45) is 22.6. The monoisotopic (exact) mass is 594 g/mol. The first-order chi connectivity index (χ1) is 15.1. The van der Waals surface area contributed by atoms with Crippen molar-refractivity contribution in [2.75, 3.05) is 12.3 Å². The second kappa shape index (κ2) is 27.6. The Morgan fingerprint density at radius 1 is 0.394 bits per heavy atom. The molecule has 0 aromatic rings. The molecule has 0 fully saturated rings. The van der Waals surface area contributed by atoms with Gasteiger partial charge in [-0.15, -0.1) is 0 Å². The molecule has 0 rings (SSSR count). The molecule has 0 aliphatic rings. The Hall–Kier alpha value is 0.988. The van der Waals surface area contributed by atoms with E-state index in [1.165, 1.54) is 89.9 Å². The fourth-order valence-electron chi connectivity index (χ4n) is 3.59. The largest absolute Gasteiger partial charge is 4.00 e. The molecule has 0 aromatic heterocycles. The van der Waals surface area contributed by atoms with E-state index < -0.39 is 15.2 Å². The maximum atomic E-state index is 10.3. The predicted octanol–water partition coefficient (Wildman–Crippen LogP) is 5.64. The summed E-state index contributed by atoms with van der Waals surface area (Å²) in [4.78, 5) is 41.4. The van der Waals surface area contributed by atoms with Gasteiger partial charge in [0, 0.05) is 0 Å². The molecule has 6 nitrogen and oxygen atoms in total. The van der Waals surface area contributed by atoms with Gasteiger partial charge in [-0.2, -0.15) is 0 Å². The minimum atomic E-state index is -4.24. The summed E-state index contributed by atoms with van der Waals surface area (Å²) >= 11 is 0. The summed E-state index contributed by atoms with van der Waals surface area (Å²) in [5.74, 6) is 0. The summed E-state index contributed by atoms with van der Waals surface area (Å²) in [6, 6.07) is 0. The molecule has 0 aliphatic carbocycles. The number of unbranched alkanes of at least 4 members (excludes halogenated alkanes) is 18. The number of hydrogen-bond acceptors (Lipinski definition) is 6. The van der Waals surface area contributed by atoms with E-state index in [1.54, 1.807) is 0 Å². The molecule has 0 aromatic carbocycles. The topological polar surface area (TPSA) is 126 Å². The van der Waals surface area contributed by atoms with Crippen molar-refractivity contribution in [3.63, 3.8) is 0 Å². The summed E-state index contributed by atoms with van der Waals surface area (Å²) in [6.45, 7) is 4.43. The van der Waals surface area contributed by atoms with E-state index in [-0.39, 0.29) is 33.4 Å². The average Bonchev–Trinajstić information content (AvgIpc) is 2.70. The SMILES string of the molecule is CCCCCCCCCCCCP(=O)([O-])[O-].CCCCCCCCCCCCP(=O)([O-])[O-].[Mo+4]. The number of hydrogen-bond donors (Lipinski definition) is 0. The molecule has 0 radical (unpaired) electrons. The van der Waals surface area contributed by atoms with Crippen molar-refractivity contribution in [2.24, 2.45) is 0 Å². The van der Waals surface area contributed by atoms with Crippen LogP contribution in [0.1, 0.15) is 142 Å². The summed E-state index contributed by atoms with van der Waals surface area (Å²) < 4.78 is 20.7. The first-order valence-electron chi connectivity index (χ1n) is 13.1. The van der Waals surface area contributed by atoms with Crippen LogP contribution in [0.3, 0.4) is 0 Å². The van der Waals surface area contributed by atoms with Crippen LogP contribution in [0, 0.1) is 0 Å². The molecule has 0 aliphatic heterocycles. The molecule has 33 heavy (non-hydrogen) atoms. The Morgan fingerprint density at radius 3 is 0.758 bits per heavy atom. The second-order valence-electron chi connectivity index (χ2n) is 9.03. The van der Waals surface area contributed by atoms with Gasteiger partial charge in [-0.25, -0.2) is 0 Å². The van der Waals surface area contributed by atoms with Crippen molar-refractivity contribution in [1.29, 1.82) is 0 Å². The summed E-state index contributed by atoms with van der Waals surface area (Å²) in [5, 5.41) is 0. The summed E-state index contributed by atoms with van der Waals surface area (Å²) in [7, 11) is -8.48. The molecule has 0 atom stereocenters. The van der Waals surface area contributed by atoms with E-state index in [0.717, 1.165) is 25.7 Å². The van der Waals surface area contributed by atoms with Gasteiger partial charge in [-0.05, 0) is 25.2 Å². The van der Waals surface area contributed by atoms with Crippen LogP contribution in [0.25, 0.3) is 0 Å². The van der Waals surface area contributed by atoms with Crippen molar-refractivity contribution in [1.82, 2.24) is 0 Å². The third kappa shape index (κ3) is 43.5. The second-order valence-corrected chi connectivity index (χ2v) is 12.4. The van der Waals surface area contributed by atoms with E-state index in [9.17, 15) is 28.7 Å². The van der Waals surface area contributed by atoms with Crippen LogP contribution in [0.5, 0.6) is 0 Å². The zero-order valence-corrected chi connectivity index (χ0v) is 25.1. The first kappa shape index (κ1) is 38.5. The molecule has 0 heterocycles. The van der Waals surface area contributed by atoms with E-state index in [4.69, 9.17) is 0 Å². The maximum absolute atomic E-state index is 10.3. The van der Waals surface area contributed by atoms with Gasteiger partial charge in [-0.3, -0.25) is 0 Å². The normalized spacial score (nSPS) is 11.6. The number of rotatable bonds is 22. The van der Waals surface area contributed by atoms with Crippen molar-refractivity contribution in [2.45, 2.75) is 142 Å². The molecule has 198 valence electrons. The molecule has 0 saturated heterocycles. The smallest absolute Gasteiger partial charge is 0.811 e. The Balaban J connectivity index is -0.000000529. The fourth-order valence-corrected chi connectivity index (χ4v) is 4.81. The quantitative estimate of drug-likeness (QED) is 0.0910. The predicted molar refractivity (Wildman–Crippen MR) is 129 cm³/mol. The van der Waals surface area contributed by atoms with Crippen LogP contribution in [0.2, 0.25) is 0 Å². The Morgan fingerprint density at radius 2 is 0.576 bits per heavy atom. The molecular formula is C24H50MoO6P2. The van der Waals surface area contributed by atoms with Crippen molar-refractivity contribution in [3.8, 4) is 0 Å². The van der Waals surface area contributed by atoms with Crippen LogP contribution < -0.4 is 19.6 Å². The van der Waals surface area contributed by atoms with Crippen LogP contribution >= 0.6 is 15.2 Å². The Bertz CT molecular complexity index is 426. The maximum Gasteiger partial charge on any atom is 4.00 e. The minimum absolute atomic E-state index is 0. The van der Waals surface area contributed by atoms with E-state index >= 15 is 0 Å². The van der Waals surface area contributed by atoms with Gasteiger partial charge in [0.05, 0.1) is 0 Å². The zero-order chi connectivity index (χ0) is 24.6. The van der Waals surface area contributed by atoms with Gasteiger partial charge in [0.15, 0.2) is 0 Å². The third-order valence-electron chi connectivity index (χ3n) is 5.57. The van der Waals surface area contributed by atoms with Gasteiger partial charge in [-0.1, -0.05) is 145 Å². The van der Waals surface area contributed by atoms with Gasteiger partial charge in [0.1, 0.15) is 0 Å². The molecule has 0 unspecified atom stereocenters. The Labute approximate surface area is 219 Å². The zero-order valence-electron chi connectivity index (χ0n) is 21.3. The van der Waals surface area contributed by atoms with Crippen LogP contribution in [-0.4, -0.2) is 12.3 Å². The molecular weight excluding hydrogens is 542 g/mol. The first-order valence-corrected chi connectivity index (χ1v) is 16.6. The van der Waals surface area contributed by atoms with Crippen LogP contribution in [0.15, 0.2) is 0 Å². The van der Waals surface area contributed by atoms with Gasteiger partial charge >= 0.3 is 21.1 Å². The molecule has 0 saturated carbocycles. The summed E-state index contributed by atoms with van der Waals surface area (Å²) in [5.41, 5.74) is 0. The van der Waals surface area contributed by atoms with Crippen LogP contribution in [0.4, 0.5) is 0 Å². The Kier molecular flexibility index (Phi) is 32.2. The molecule has 0 amide bonds. The van der Waals surface area contributed by atoms with Crippen molar-refractivity contribution in [3.05, 3.63) is 0 Å². The van der Waals surface area contributed by atoms with Gasteiger partial charge in [0.25, 0.3) is 0 Å². The molecule has 0 N–H and O–H groups in total. The van der Waals surface area contributed by atoms with E-state index in [0.29, 0.717) is 12.8 Å². The van der Waals surface area contributed by atoms with Crippen LogP contribution in [-0.2, 0) is 30.2 Å². The molecule has 0 bridgehead atoms. The van der Waals surface area contributed by atoms with Gasteiger partial charge < -0.3 is 28.7 Å². The molecule has 9 heteroatoms. The minimum Gasteiger partial charge on any atom is -0.811 e. The van der Waals surface area contributed by atoms with Crippen molar-refractivity contribution < 1.29 is 49.8 Å². The van der Waals surface area contributed by atoms with Crippen molar-refractivity contribution >= 4 is 15.2 Å². The standard InChI is InChI=1S/2C12H27O3P.Mo/c2*1-2-3-4-5-6-7-8-9-10-11-12-16(13,14)15;/h2*2-12H2,1H3,(H2,13,14,15);/q;;+4/p-4. The molecule has 0 spiro atoms. The van der Waals surface area contributed by atoms with E-state index in [1.807, 2.05) is 0 Å². The van der Waals surface area contributed by atoms with Gasteiger partial charge in [0.2, 0.25) is 0 Å². The third-order valence-corrected chi connectivity index (χ3v) is 7.30. The average molecular weight is 593 g/mol.